The van der Waals surface area contributed by atoms with Gasteiger partial charge in [-0.1, -0.05) is 5.92 Å². The summed E-state index contributed by atoms with van der Waals surface area (Å²) in [5.74, 6) is 1.49. The Labute approximate surface area is 53.6 Å². The minimum atomic E-state index is -1.02. The molecule has 0 unspecified atom stereocenters. The molecule has 3 heteroatoms. The van der Waals surface area contributed by atoms with Gasteiger partial charge in [0.05, 0.1) is 13.5 Å². The first-order valence-corrected chi connectivity index (χ1v) is 2.41. The van der Waals surface area contributed by atoms with Crippen LogP contribution in [0.4, 0.5) is 0 Å². The zero-order valence-electron chi connectivity index (χ0n) is 5.13. The van der Waals surface area contributed by atoms with Crippen LogP contribution in [-0.4, -0.2) is 24.3 Å². The molecule has 0 fully saturated rings. The van der Waals surface area contributed by atoms with Crippen molar-refractivity contribution in [2.75, 3.05) is 7.11 Å². The van der Waals surface area contributed by atoms with Crippen molar-refractivity contribution in [1.29, 1.82) is 0 Å². The van der Waals surface area contributed by atoms with Crippen LogP contribution in [0.5, 0.6) is 0 Å². The van der Waals surface area contributed by atoms with Crippen molar-refractivity contribution in [1.82, 2.24) is 0 Å². The smallest absolute Gasteiger partial charge is 0.309 e. The maximum absolute atomic E-state index is 10.3. The van der Waals surface area contributed by atoms with E-state index in [2.05, 4.69) is 4.74 Å². The van der Waals surface area contributed by atoms with Gasteiger partial charge in [0, 0.05) is 0 Å². The Bertz CT molecular complexity index is 134. The summed E-state index contributed by atoms with van der Waals surface area (Å²) in [4.78, 5) is 10.3. The lowest BCUT2D eigenvalue weighted by atomic mass is 10.3. The molecule has 0 saturated carbocycles. The van der Waals surface area contributed by atoms with Gasteiger partial charge >= 0.3 is 5.97 Å². The van der Waals surface area contributed by atoms with E-state index in [0.29, 0.717) is 0 Å². The Balaban J connectivity index is 3.50. The number of aliphatic hydroxyl groups is 1. The van der Waals surface area contributed by atoms with E-state index in [9.17, 15) is 4.79 Å². The number of ether oxygens (including phenoxy) is 1. The molecule has 0 aliphatic heterocycles. The Morgan fingerprint density at radius 2 is 2.56 bits per heavy atom. The van der Waals surface area contributed by atoms with E-state index in [1.54, 1.807) is 0 Å². The summed E-state index contributed by atoms with van der Waals surface area (Å²) >= 11 is 0. The topological polar surface area (TPSA) is 46.5 Å². The number of terminal acetylenes is 1. The molecule has 9 heavy (non-hydrogen) atoms. The molecule has 1 N–H and O–H groups in total. The Kier molecular flexibility index (Phi) is 3.49. The number of hydrogen-bond acceptors (Lipinski definition) is 3. The highest BCUT2D eigenvalue weighted by Gasteiger charge is 2.05. The van der Waals surface area contributed by atoms with Crippen molar-refractivity contribution < 1.29 is 14.6 Å². The van der Waals surface area contributed by atoms with Crippen molar-refractivity contribution in [2.24, 2.45) is 0 Å². The molecular weight excluding hydrogens is 120 g/mol. The Hall–Kier alpha value is -1.01. The van der Waals surface area contributed by atoms with Crippen LogP contribution in [0.1, 0.15) is 6.42 Å². The van der Waals surface area contributed by atoms with Gasteiger partial charge in [-0.25, -0.2) is 0 Å². The predicted octanol–water partition coefficient (Wildman–Crippen LogP) is -0.456. The molecule has 0 aromatic carbocycles. The fourth-order valence-corrected chi connectivity index (χ4v) is 0.300. The van der Waals surface area contributed by atoms with Gasteiger partial charge < -0.3 is 9.84 Å². The molecule has 0 aromatic rings. The second-order valence-electron chi connectivity index (χ2n) is 1.46. The minimum Gasteiger partial charge on any atom is -0.469 e. The van der Waals surface area contributed by atoms with E-state index in [1.165, 1.54) is 7.11 Å². The normalized spacial score (nSPS) is 11.7. The summed E-state index contributed by atoms with van der Waals surface area (Å²) in [6, 6.07) is 0. The van der Waals surface area contributed by atoms with E-state index in [0.717, 1.165) is 0 Å². The molecular formula is C6H8O3. The third kappa shape index (κ3) is 3.56. The zero-order valence-corrected chi connectivity index (χ0v) is 5.13. The van der Waals surface area contributed by atoms with Gasteiger partial charge in [-0.2, -0.15) is 0 Å². The van der Waals surface area contributed by atoms with Crippen LogP contribution in [0.15, 0.2) is 0 Å². The first-order chi connectivity index (χ1) is 4.20. The molecule has 0 rings (SSSR count). The summed E-state index contributed by atoms with van der Waals surface area (Å²) in [6.45, 7) is 0. The second kappa shape index (κ2) is 3.93. The minimum absolute atomic E-state index is 0.132. The molecule has 50 valence electrons. The molecule has 0 amide bonds. The predicted molar refractivity (Wildman–Crippen MR) is 31.5 cm³/mol. The van der Waals surface area contributed by atoms with Gasteiger partial charge in [0.15, 0.2) is 0 Å². The maximum Gasteiger partial charge on any atom is 0.309 e. The third-order valence-electron chi connectivity index (χ3n) is 0.780. The van der Waals surface area contributed by atoms with Crippen molar-refractivity contribution in [3.05, 3.63) is 0 Å². The molecule has 0 bridgehead atoms. The standard InChI is InChI=1S/C6H8O3/c1-3-5(7)4-6(8)9-2/h1,5,7H,4H2,2H3/t5-/m1/s1. The van der Waals surface area contributed by atoms with Crippen molar-refractivity contribution in [2.45, 2.75) is 12.5 Å². The summed E-state index contributed by atoms with van der Waals surface area (Å²) < 4.78 is 4.23. The molecule has 0 spiro atoms. The van der Waals surface area contributed by atoms with Crippen LogP contribution in [-0.2, 0) is 9.53 Å². The summed E-state index contributed by atoms with van der Waals surface area (Å²) in [6.07, 6.45) is 3.62. The molecule has 0 aliphatic rings. The molecule has 0 aliphatic carbocycles. The lowest BCUT2D eigenvalue weighted by Gasteiger charge is -1.98. The fourth-order valence-electron chi connectivity index (χ4n) is 0.300. The molecule has 0 saturated heterocycles. The van der Waals surface area contributed by atoms with Crippen LogP contribution in [0.2, 0.25) is 0 Å². The molecule has 1 atom stereocenters. The quantitative estimate of drug-likeness (QED) is 0.404. The largest absolute Gasteiger partial charge is 0.469 e. The number of esters is 1. The fraction of sp³-hybridized carbons (Fsp3) is 0.500. The van der Waals surface area contributed by atoms with E-state index in [4.69, 9.17) is 11.5 Å². The lowest BCUT2D eigenvalue weighted by molar-refractivity contribution is -0.142. The van der Waals surface area contributed by atoms with E-state index in [-0.39, 0.29) is 6.42 Å². The number of hydrogen-bond donors (Lipinski definition) is 1. The summed E-state index contributed by atoms with van der Waals surface area (Å²) in [5.41, 5.74) is 0. The SMILES string of the molecule is C#C[C@@H](O)CC(=O)OC. The van der Waals surface area contributed by atoms with Crippen molar-refractivity contribution in [3.63, 3.8) is 0 Å². The average molecular weight is 128 g/mol. The van der Waals surface area contributed by atoms with Crippen molar-refractivity contribution >= 4 is 5.97 Å². The highest BCUT2D eigenvalue weighted by molar-refractivity contribution is 5.70. The maximum atomic E-state index is 10.3. The number of aliphatic hydroxyl groups excluding tert-OH is 1. The van der Waals surface area contributed by atoms with E-state index >= 15 is 0 Å². The highest BCUT2D eigenvalue weighted by Crippen LogP contribution is 1.90. The van der Waals surface area contributed by atoms with Crippen LogP contribution in [0, 0.1) is 12.3 Å². The first-order valence-electron chi connectivity index (χ1n) is 2.41. The third-order valence-corrected chi connectivity index (χ3v) is 0.780. The van der Waals surface area contributed by atoms with Crippen LogP contribution in [0.3, 0.4) is 0 Å². The van der Waals surface area contributed by atoms with Crippen LogP contribution < -0.4 is 0 Å². The van der Waals surface area contributed by atoms with Crippen LogP contribution >= 0.6 is 0 Å². The zero-order chi connectivity index (χ0) is 7.28. The summed E-state index contributed by atoms with van der Waals surface area (Å²) in [7, 11) is 1.24. The second-order valence-corrected chi connectivity index (χ2v) is 1.46. The Morgan fingerprint density at radius 3 is 2.89 bits per heavy atom. The van der Waals surface area contributed by atoms with Gasteiger partial charge in [-0.3, -0.25) is 4.79 Å². The van der Waals surface area contributed by atoms with Gasteiger partial charge in [-0.15, -0.1) is 6.42 Å². The number of carbonyl (C=O) groups excluding carboxylic acids is 1. The molecule has 0 heterocycles. The van der Waals surface area contributed by atoms with Crippen molar-refractivity contribution in [3.8, 4) is 12.3 Å². The van der Waals surface area contributed by atoms with Gasteiger partial charge in [0.2, 0.25) is 0 Å². The van der Waals surface area contributed by atoms with Crippen LogP contribution in [0.25, 0.3) is 0 Å². The first kappa shape index (κ1) is 7.99. The number of methoxy groups -OCH3 is 1. The van der Waals surface area contributed by atoms with E-state index in [1.807, 2.05) is 5.92 Å². The highest BCUT2D eigenvalue weighted by atomic mass is 16.5. The van der Waals surface area contributed by atoms with E-state index < -0.39 is 12.1 Å². The molecule has 0 aromatic heterocycles. The van der Waals surface area contributed by atoms with Gasteiger partial charge in [0.25, 0.3) is 0 Å². The summed E-state index contributed by atoms with van der Waals surface area (Å²) in [5, 5.41) is 8.62. The average Bonchev–Trinajstić information content (AvgIpc) is 1.87. The lowest BCUT2D eigenvalue weighted by Crippen LogP contribution is -2.11. The number of carbonyl (C=O) groups is 1. The van der Waals surface area contributed by atoms with Gasteiger partial charge in [0.1, 0.15) is 6.10 Å². The number of rotatable bonds is 2. The molecule has 3 nitrogen and oxygen atoms in total. The Morgan fingerprint density at radius 1 is 2.00 bits per heavy atom. The molecule has 0 radical (unpaired) electrons. The monoisotopic (exact) mass is 128 g/mol. The van der Waals surface area contributed by atoms with Gasteiger partial charge in [-0.05, 0) is 0 Å².